The summed E-state index contributed by atoms with van der Waals surface area (Å²) in [6, 6.07) is 7.73. The van der Waals surface area contributed by atoms with Crippen LogP contribution in [-0.4, -0.2) is 26.7 Å². The summed E-state index contributed by atoms with van der Waals surface area (Å²) >= 11 is 0. The van der Waals surface area contributed by atoms with Crippen molar-refractivity contribution in [3.8, 4) is 0 Å². The Labute approximate surface area is 75.8 Å². The van der Waals surface area contributed by atoms with Crippen molar-refractivity contribution in [3.05, 3.63) is 24.3 Å². The maximum atomic E-state index is 8.63. The Hall–Kier alpha value is -1.42. The molecule has 0 amide bonds. The molecule has 1 N–H and O–H groups in total. The fraction of sp³-hybridized carbons (Fsp3) is 0.333. The van der Waals surface area contributed by atoms with Gasteiger partial charge in [-0.15, -0.1) is 0 Å². The Morgan fingerprint density at radius 1 is 1.15 bits per heavy atom. The van der Waals surface area contributed by atoms with E-state index in [1.807, 2.05) is 24.3 Å². The van der Waals surface area contributed by atoms with Crippen LogP contribution in [0.25, 0.3) is 11.0 Å². The first-order chi connectivity index (χ1) is 6.40. The molecule has 68 valence electrons. The molecule has 0 atom stereocenters. The Morgan fingerprint density at radius 3 is 2.31 bits per heavy atom. The molecule has 4 nitrogen and oxygen atoms in total. The smallest absolute Gasteiger partial charge is 0.113 e. The van der Waals surface area contributed by atoms with Crippen LogP contribution in [0.4, 0.5) is 0 Å². The number of hydrogen-bond acceptors (Lipinski definition) is 3. The van der Waals surface area contributed by atoms with Gasteiger partial charge in [0.05, 0.1) is 6.54 Å². The maximum absolute atomic E-state index is 8.63. The molecule has 0 aliphatic carbocycles. The summed E-state index contributed by atoms with van der Waals surface area (Å²) in [6.45, 7) is 0.850. The number of nitrogens with zero attached hydrogens (tertiary/aromatic N) is 3. The summed E-state index contributed by atoms with van der Waals surface area (Å²) in [4.78, 5) is 1.63. The van der Waals surface area contributed by atoms with Gasteiger partial charge in [-0.05, 0) is 18.6 Å². The second-order valence-electron chi connectivity index (χ2n) is 2.86. The van der Waals surface area contributed by atoms with E-state index in [-0.39, 0.29) is 6.61 Å². The normalized spacial score (nSPS) is 10.8. The van der Waals surface area contributed by atoms with Crippen molar-refractivity contribution < 1.29 is 5.11 Å². The second-order valence-corrected chi connectivity index (χ2v) is 2.86. The van der Waals surface area contributed by atoms with E-state index in [1.54, 1.807) is 4.80 Å². The summed E-state index contributed by atoms with van der Waals surface area (Å²) in [7, 11) is 0. The molecular weight excluding hydrogens is 166 g/mol. The molecule has 1 aromatic heterocycles. The minimum atomic E-state index is 0.178. The molecule has 0 unspecified atom stereocenters. The average Bonchev–Trinajstić information content (AvgIpc) is 2.57. The van der Waals surface area contributed by atoms with E-state index in [1.165, 1.54) is 0 Å². The van der Waals surface area contributed by atoms with Gasteiger partial charge < -0.3 is 5.11 Å². The molecule has 0 aliphatic heterocycles. The lowest BCUT2D eigenvalue weighted by Gasteiger charge is -1.93. The van der Waals surface area contributed by atoms with E-state index < -0.39 is 0 Å². The van der Waals surface area contributed by atoms with Gasteiger partial charge in [-0.3, -0.25) is 0 Å². The van der Waals surface area contributed by atoms with Gasteiger partial charge in [0.25, 0.3) is 0 Å². The SMILES string of the molecule is OCCCn1nc2ccccc2n1. The highest BCUT2D eigenvalue weighted by molar-refractivity contribution is 5.72. The molecule has 2 aromatic rings. The Bertz CT molecular complexity index is 363. The largest absolute Gasteiger partial charge is 0.396 e. The van der Waals surface area contributed by atoms with Crippen LogP contribution in [0.15, 0.2) is 24.3 Å². The molecule has 0 spiro atoms. The zero-order chi connectivity index (χ0) is 9.10. The van der Waals surface area contributed by atoms with Crippen molar-refractivity contribution in [1.29, 1.82) is 0 Å². The molecule has 0 fully saturated rings. The lowest BCUT2D eigenvalue weighted by atomic mass is 10.3. The van der Waals surface area contributed by atoms with Gasteiger partial charge in [0.2, 0.25) is 0 Å². The summed E-state index contributed by atoms with van der Waals surface area (Å²) in [5, 5.41) is 17.1. The summed E-state index contributed by atoms with van der Waals surface area (Å²) in [6.07, 6.45) is 0.695. The number of aliphatic hydroxyl groups excluding tert-OH is 1. The predicted octanol–water partition coefficient (Wildman–Crippen LogP) is 0.814. The van der Waals surface area contributed by atoms with Crippen LogP contribution in [0.1, 0.15) is 6.42 Å². The highest BCUT2D eigenvalue weighted by atomic mass is 16.3. The van der Waals surface area contributed by atoms with Crippen molar-refractivity contribution in [2.45, 2.75) is 13.0 Å². The summed E-state index contributed by atoms with van der Waals surface area (Å²) < 4.78 is 0. The van der Waals surface area contributed by atoms with Gasteiger partial charge in [-0.25, -0.2) is 0 Å². The number of benzene rings is 1. The number of hydrogen-bond donors (Lipinski definition) is 1. The molecular formula is C9H11N3O. The summed E-state index contributed by atoms with van der Waals surface area (Å²) in [5.41, 5.74) is 1.81. The van der Waals surface area contributed by atoms with E-state index in [9.17, 15) is 0 Å². The zero-order valence-corrected chi connectivity index (χ0v) is 7.22. The van der Waals surface area contributed by atoms with Crippen molar-refractivity contribution in [3.63, 3.8) is 0 Å². The van der Waals surface area contributed by atoms with Gasteiger partial charge in [-0.2, -0.15) is 15.0 Å². The molecule has 0 radical (unpaired) electrons. The molecule has 0 bridgehead atoms. The lowest BCUT2D eigenvalue weighted by Crippen LogP contribution is -2.03. The molecule has 13 heavy (non-hydrogen) atoms. The monoisotopic (exact) mass is 177 g/mol. The van der Waals surface area contributed by atoms with Crippen molar-refractivity contribution in [2.24, 2.45) is 0 Å². The first-order valence-corrected chi connectivity index (χ1v) is 4.31. The van der Waals surface area contributed by atoms with Crippen molar-refractivity contribution >= 4 is 11.0 Å². The van der Waals surface area contributed by atoms with Crippen LogP contribution in [0.2, 0.25) is 0 Å². The van der Waals surface area contributed by atoms with Gasteiger partial charge in [0.1, 0.15) is 11.0 Å². The fourth-order valence-corrected chi connectivity index (χ4v) is 1.22. The minimum Gasteiger partial charge on any atom is -0.396 e. The third-order valence-corrected chi connectivity index (χ3v) is 1.84. The van der Waals surface area contributed by atoms with Crippen LogP contribution in [0.5, 0.6) is 0 Å². The summed E-state index contributed by atoms with van der Waals surface area (Å²) in [5.74, 6) is 0. The molecule has 0 saturated carbocycles. The minimum absolute atomic E-state index is 0.178. The molecule has 2 rings (SSSR count). The maximum Gasteiger partial charge on any atom is 0.113 e. The van der Waals surface area contributed by atoms with E-state index in [2.05, 4.69) is 10.2 Å². The highest BCUT2D eigenvalue weighted by Crippen LogP contribution is 2.06. The van der Waals surface area contributed by atoms with Crippen LogP contribution in [-0.2, 0) is 6.54 Å². The van der Waals surface area contributed by atoms with Gasteiger partial charge in [0, 0.05) is 6.61 Å². The third kappa shape index (κ3) is 1.67. The van der Waals surface area contributed by atoms with Gasteiger partial charge in [0.15, 0.2) is 0 Å². The van der Waals surface area contributed by atoms with E-state index >= 15 is 0 Å². The molecule has 1 aromatic carbocycles. The molecule has 0 aliphatic rings. The fourth-order valence-electron chi connectivity index (χ4n) is 1.22. The number of aromatic nitrogens is 3. The second kappa shape index (κ2) is 3.53. The number of aryl methyl sites for hydroxylation is 1. The Morgan fingerprint density at radius 2 is 1.77 bits per heavy atom. The van der Waals surface area contributed by atoms with Crippen molar-refractivity contribution in [2.75, 3.05) is 6.61 Å². The van der Waals surface area contributed by atoms with Crippen LogP contribution in [0, 0.1) is 0 Å². The van der Waals surface area contributed by atoms with Crippen molar-refractivity contribution in [1.82, 2.24) is 15.0 Å². The van der Waals surface area contributed by atoms with Crippen LogP contribution in [0.3, 0.4) is 0 Å². The zero-order valence-electron chi connectivity index (χ0n) is 7.22. The van der Waals surface area contributed by atoms with E-state index in [4.69, 9.17) is 5.11 Å². The molecule has 1 heterocycles. The quantitative estimate of drug-likeness (QED) is 0.754. The van der Waals surface area contributed by atoms with Gasteiger partial charge >= 0.3 is 0 Å². The Balaban J connectivity index is 2.28. The number of aliphatic hydroxyl groups is 1. The van der Waals surface area contributed by atoms with E-state index in [0.717, 1.165) is 11.0 Å². The van der Waals surface area contributed by atoms with E-state index in [0.29, 0.717) is 13.0 Å². The predicted molar refractivity (Wildman–Crippen MR) is 49.2 cm³/mol. The first kappa shape index (κ1) is 8.19. The standard InChI is InChI=1S/C9H11N3O/c13-7-3-6-12-10-8-4-1-2-5-9(8)11-12/h1-2,4-5,13H,3,6-7H2. The third-order valence-electron chi connectivity index (χ3n) is 1.84. The lowest BCUT2D eigenvalue weighted by molar-refractivity contribution is 0.273. The highest BCUT2D eigenvalue weighted by Gasteiger charge is 1.99. The van der Waals surface area contributed by atoms with Gasteiger partial charge in [-0.1, -0.05) is 12.1 Å². The van der Waals surface area contributed by atoms with Crippen LogP contribution >= 0.6 is 0 Å². The number of fused-ring (bicyclic) bond motifs is 1. The molecule has 0 saturated heterocycles. The first-order valence-electron chi connectivity index (χ1n) is 4.31. The Kier molecular flexibility index (Phi) is 2.23. The number of rotatable bonds is 3. The van der Waals surface area contributed by atoms with Crippen LogP contribution < -0.4 is 0 Å². The molecule has 4 heteroatoms. The average molecular weight is 177 g/mol. The topological polar surface area (TPSA) is 50.9 Å².